The molecule has 2 saturated heterocycles. The van der Waals surface area contributed by atoms with Crippen LogP contribution in [0, 0.1) is 17.8 Å². The summed E-state index contributed by atoms with van der Waals surface area (Å²) in [6, 6.07) is 4.61. The van der Waals surface area contributed by atoms with E-state index < -0.39 is 50.8 Å². The number of phenolic OH excluding ortho intramolecular Hbond substituents is 1. The number of imide groups is 2. The highest BCUT2D eigenvalue weighted by Gasteiger charge is 2.76. The first kappa shape index (κ1) is 26.5. The molecule has 1 N–H and O–H groups in total. The molecule has 4 amide bonds. The maximum atomic E-state index is 13.8. The molecular weight excluding hydrogens is 587 g/mol. The van der Waals surface area contributed by atoms with E-state index >= 15 is 0 Å². The van der Waals surface area contributed by atoms with E-state index in [1.54, 1.807) is 32.9 Å². The molecule has 6 unspecified atom stereocenters. The van der Waals surface area contributed by atoms with Crippen LogP contribution < -0.4 is 4.74 Å². The summed E-state index contributed by atoms with van der Waals surface area (Å²) in [6.45, 7) is 5.40. The van der Waals surface area contributed by atoms with Gasteiger partial charge < -0.3 is 9.84 Å². The Bertz CT molecular complexity index is 1280. The summed E-state index contributed by atoms with van der Waals surface area (Å²) in [7, 11) is 1.46. The number of carbonyl (C=O) groups is 4. The number of halogens is 3. The van der Waals surface area contributed by atoms with Gasteiger partial charge in [0.05, 0.1) is 24.4 Å². The van der Waals surface area contributed by atoms with Gasteiger partial charge in [-0.05, 0) is 45.6 Å². The number of likely N-dealkylation sites (tertiary alicyclic amines) is 2. The number of hydrogen-bond acceptors (Lipinski definition) is 6. The molecule has 1 saturated carbocycles. The molecule has 2 aliphatic carbocycles. The number of nitrogens with zero attached hydrogens (tertiary/aromatic N) is 2. The van der Waals surface area contributed by atoms with Crippen LogP contribution in [-0.2, 0) is 19.2 Å². The topological polar surface area (TPSA) is 104 Å². The molecule has 3 fully saturated rings. The Balaban J connectivity index is 1.73. The Morgan fingerprint density at radius 2 is 1.78 bits per heavy atom. The van der Waals surface area contributed by atoms with Crippen LogP contribution in [0.3, 0.4) is 0 Å². The van der Waals surface area contributed by atoms with Crippen LogP contribution in [-0.4, -0.2) is 66.4 Å². The minimum atomic E-state index is -1.96. The van der Waals surface area contributed by atoms with Gasteiger partial charge in [0.1, 0.15) is 11.5 Å². The van der Waals surface area contributed by atoms with Crippen LogP contribution in [0.15, 0.2) is 29.8 Å². The summed E-state index contributed by atoms with van der Waals surface area (Å²) in [4.78, 5) is 52.8. The molecule has 1 aromatic carbocycles. The van der Waals surface area contributed by atoms with Crippen molar-refractivity contribution in [2.75, 3.05) is 12.6 Å². The summed E-state index contributed by atoms with van der Waals surface area (Å²) < 4.78 is 5.22. The summed E-state index contributed by atoms with van der Waals surface area (Å²) in [6.07, 6.45) is 2.02. The molecule has 0 aromatic heterocycles. The van der Waals surface area contributed by atoms with E-state index in [-0.39, 0.29) is 41.4 Å². The molecule has 0 spiro atoms. The Labute approximate surface area is 233 Å². The average Bonchev–Trinajstić information content (AvgIpc) is 3.17. The third-order valence-electron chi connectivity index (χ3n) is 8.23. The molecule has 8 nitrogen and oxygen atoms in total. The molecule has 37 heavy (non-hydrogen) atoms. The quantitative estimate of drug-likeness (QED) is 0.240. The number of ether oxygens (including phenoxy) is 1. The number of amides is 4. The monoisotopic (exact) mass is 612 g/mol. The molecule has 0 radical (unpaired) electrons. The first-order valence-electron chi connectivity index (χ1n) is 12.0. The van der Waals surface area contributed by atoms with Crippen molar-refractivity contribution in [1.82, 2.24) is 9.80 Å². The van der Waals surface area contributed by atoms with Gasteiger partial charge in [0.2, 0.25) is 11.8 Å². The fraction of sp³-hybridized carbons (Fsp3) is 0.538. The highest BCUT2D eigenvalue weighted by atomic mass is 79.9. The van der Waals surface area contributed by atoms with E-state index in [1.165, 1.54) is 18.1 Å². The zero-order valence-electron chi connectivity index (χ0n) is 20.8. The van der Waals surface area contributed by atoms with Crippen LogP contribution >= 0.6 is 39.1 Å². The van der Waals surface area contributed by atoms with Crippen molar-refractivity contribution in [3.8, 4) is 11.5 Å². The highest BCUT2D eigenvalue weighted by molar-refractivity contribution is 9.09. The molecule has 0 bridgehead atoms. The Morgan fingerprint density at radius 1 is 1.11 bits per heavy atom. The fourth-order valence-electron chi connectivity index (χ4n) is 6.65. The van der Waals surface area contributed by atoms with Gasteiger partial charge >= 0.3 is 0 Å². The number of hydrogen-bond donors (Lipinski definition) is 1. The maximum absolute atomic E-state index is 13.8. The molecule has 11 heteroatoms. The lowest BCUT2D eigenvalue weighted by Gasteiger charge is -2.50. The van der Waals surface area contributed by atoms with Crippen molar-refractivity contribution in [3.05, 3.63) is 35.4 Å². The molecule has 1 aromatic rings. The summed E-state index contributed by atoms with van der Waals surface area (Å²) in [5.74, 6) is -4.76. The minimum Gasteiger partial charge on any atom is -0.508 e. The third-order valence-corrected chi connectivity index (χ3v) is 10.1. The van der Waals surface area contributed by atoms with Gasteiger partial charge in [-0.2, -0.15) is 0 Å². The predicted octanol–water partition coefficient (Wildman–Crippen LogP) is 3.91. The standard InChI is InChI=1S/C26H27BrCl2N2O6/c1-24(2,3)31-20(33)15-8-7-13-16(18(15)21(31)34)10-25(28)22(35)30(11-27)23(36)26(25,29)19(13)14-6-5-12(37-4)9-17(14)32/h5-7,9,15-16,18-19,32H,8,10-11H2,1-4H3. The molecule has 2 heterocycles. The van der Waals surface area contributed by atoms with Gasteiger partial charge in [-0.25, -0.2) is 0 Å². The normalized spacial score (nSPS) is 35.4. The van der Waals surface area contributed by atoms with Crippen LogP contribution in [0.4, 0.5) is 0 Å². The van der Waals surface area contributed by atoms with Gasteiger partial charge in [-0.3, -0.25) is 29.0 Å². The van der Waals surface area contributed by atoms with Crippen molar-refractivity contribution in [3.63, 3.8) is 0 Å². The van der Waals surface area contributed by atoms with Crippen molar-refractivity contribution < 1.29 is 29.0 Å². The number of allylic oxidation sites excluding steroid dienone is 2. The second-order valence-electron chi connectivity index (χ2n) is 11.1. The number of aromatic hydroxyl groups is 1. The zero-order chi connectivity index (χ0) is 27.2. The number of fused-ring (bicyclic) bond motifs is 4. The second kappa shape index (κ2) is 8.45. The number of alkyl halides is 3. The van der Waals surface area contributed by atoms with Crippen LogP contribution in [0.25, 0.3) is 0 Å². The first-order chi connectivity index (χ1) is 17.2. The van der Waals surface area contributed by atoms with Crippen molar-refractivity contribution in [1.29, 1.82) is 0 Å². The lowest BCUT2D eigenvalue weighted by atomic mass is 9.56. The molecule has 6 atom stereocenters. The van der Waals surface area contributed by atoms with Crippen molar-refractivity contribution >= 4 is 62.8 Å². The van der Waals surface area contributed by atoms with Gasteiger partial charge in [-0.15, -0.1) is 23.2 Å². The average molecular weight is 614 g/mol. The second-order valence-corrected chi connectivity index (χ2v) is 12.8. The van der Waals surface area contributed by atoms with Gasteiger partial charge in [0.15, 0.2) is 9.75 Å². The SMILES string of the molecule is COc1ccc(C2C3=CCC4C(=O)N(C(C)(C)C)C(=O)C4C3CC3(Cl)C(=O)N(CBr)C(=O)C23Cl)c(O)c1. The van der Waals surface area contributed by atoms with E-state index in [0.29, 0.717) is 11.3 Å². The van der Waals surface area contributed by atoms with E-state index in [1.807, 2.05) is 6.08 Å². The van der Waals surface area contributed by atoms with Gasteiger partial charge in [0, 0.05) is 23.1 Å². The first-order valence-corrected chi connectivity index (χ1v) is 13.9. The largest absolute Gasteiger partial charge is 0.508 e. The van der Waals surface area contributed by atoms with E-state index in [2.05, 4.69) is 15.9 Å². The number of benzene rings is 1. The number of methoxy groups -OCH3 is 1. The van der Waals surface area contributed by atoms with Crippen molar-refractivity contribution in [2.24, 2.45) is 17.8 Å². The van der Waals surface area contributed by atoms with Crippen LogP contribution in [0.5, 0.6) is 11.5 Å². The third kappa shape index (κ3) is 3.32. The van der Waals surface area contributed by atoms with E-state index in [4.69, 9.17) is 27.9 Å². The lowest BCUT2D eigenvalue weighted by molar-refractivity contribution is -0.146. The number of rotatable bonds is 3. The van der Waals surface area contributed by atoms with Gasteiger partial charge in [-0.1, -0.05) is 33.6 Å². The highest BCUT2D eigenvalue weighted by Crippen LogP contribution is 2.66. The fourth-order valence-corrected chi connectivity index (χ4v) is 8.07. The van der Waals surface area contributed by atoms with Gasteiger partial charge in [0.25, 0.3) is 11.8 Å². The molecular formula is C26H27BrCl2N2O6. The number of phenols is 1. The smallest absolute Gasteiger partial charge is 0.254 e. The molecule has 5 rings (SSSR count). The number of carbonyl (C=O) groups excluding carboxylic acids is 4. The van der Waals surface area contributed by atoms with E-state index in [9.17, 15) is 24.3 Å². The Hall–Kier alpha value is -2.10. The molecule has 198 valence electrons. The summed E-state index contributed by atoms with van der Waals surface area (Å²) in [5.41, 5.74) is 0.0778. The Kier molecular flexibility index (Phi) is 6.05. The lowest BCUT2D eigenvalue weighted by Crippen LogP contribution is -2.60. The maximum Gasteiger partial charge on any atom is 0.254 e. The van der Waals surface area contributed by atoms with Crippen LogP contribution in [0.1, 0.15) is 45.1 Å². The summed E-state index contributed by atoms with van der Waals surface area (Å²) >= 11 is 17.5. The van der Waals surface area contributed by atoms with Crippen molar-refractivity contribution in [2.45, 2.75) is 54.8 Å². The van der Waals surface area contributed by atoms with E-state index in [0.717, 1.165) is 4.90 Å². The molecule has 4 aliphatic rings. The predicted molar refractivity (Wildman–Crippen MR) is 140 cm³/mol. The molecule has 2 aliphatic heterocycles. The Morgan fingerprint density at radius 3 is 2.35 bits per heavy atom. The summed E-state index contributed by atoms with van der Waals surface area (Å²) in [5, 5.41) is 11.0. The zero-order valence-corrected chi connectivity index (χ0v) is 23.9. The minimum absolute atomic E-state index is 0.0937. The van der Waals surface area contributed by atoms with Crippen LogP contribution in [0.2, 0.25) is 0 Å².